The molecule has 2 atom stereocenters. The van der Waals surface area contributed by atoms with Crippen molar-refractivity contribution in [3.8, 4) is 5.75 Å². The number of benzene rings is 1. The van der Waals surface area contributed by atoms with Gasteiger partial charge in [0, 0.05) is 13.1 Å². The van der Waals surface area contributed by atoms with Crippen LogP contribution in [0.3, 0.4) is 0 Å². The Morgan fingerprint density at radius 2 is 2.04 bits per heavy atom. The normalized spacial score (nSPS) is 22.2. The topological polar surface area (TPSA) is 79.0 Å². The smallest absolute Gasteiger partial charge is 0.324 e. The highest BCUT2D eigenvalue weighted by atomic mass is 16.5. The summed E-state index contributed by atoms with van der Waals surface area (Å²) >= 11 is 0. The maximum absolute atomic E-state index is 12.5. The molecule has 0 aliphatic carbocycles. The molecule has 1 N–H and O–H groups in total. The first-order chi connectivity index (χ1) is 11.1. The van der Waals surface area contributed by atoms with Crippen LogP contribution in [0.25, 0.3) is 0 Å². The van der Waals surface area contributed by atoms with Gasteiger partial charge >= 0.3 is 6.03 Å². The van der Waals surface area contributed by atoms with Crippen LogP contribution in [0.15, 0.2) is 30.3 Å². The highest BCUT2D eigenvalue weighted by molar-refractivity contribution is 6.02. The maximum atomic E-state index is 12.5. The number of hydrogen-bond donors (Lipinski definition) is 1. The predicted octanol–water partition coefficient (Wildman–Crippen LogP) is 0.607. The summed E-state index contributed by atoms with van der Waals surface area (Å²) in [4.78, 5) is 38.8. The number of carbonyl (C=O) groups excluding carboxylic acids is 3. The molecule has 7 nitrogen and oxygen atoms in total. The van der Waals surface area contributed by atoms with Gasteiger partial charge in [0.05, 0.1) is 12.6 Å². The highest BCUT2D eigenvalue weighted by Crippen LogP contribution is 2.20. The van der Waals surface area contributed by atoms with Gasteiger partial charge in [0.15, 0.2) is 6.10 Å². The summed E-state index contributed by atoms with van der Waals surface area (Å²) in [5.41, 5.74) is 0. The Bertz CT molecular complexity index is 603. The molecule has 7 heteroatoms. The highest BCUT2D eigenvalue weighted by Gasteiger charge is 2.40. The molecule has 0 radical (unpaired) electrons. The van der Waals surface area contributed by atoms with E-state index in [1.54, 1.807) is 24.0 Å². The number of hydrogen-bond acceptors (Lipinski definition) is 4. The average Bonchev–Trinajstić information content (AvgIpc) is 3.14. The van der Waals surface area contributed by atoms with Crippen molar-refractivity contribution in [3.05, 3.63) is 30.3 Å². The lowest BCUT2D eigenvalue weighted by Gasteiger charge is -2.23. The Morgan fingerprint density at radius 1 is 1.30 bits per heavy atom. The van der Waals surface area contributed by atoms with E-state index in [1.807, 2.05) is 18.2 Å². The number of carbonyl (C=O) groups is 3. The third-order valence-electron chi connectivity index (χ3n) is 4.12. The first kappa shape index (κ1) is 15.3. The van der Waals surface area contributed by atoms with E-state index in [0.29, 0.717) is 25.3 Å². The minimum absolute atomic E-state index is 0.0385. The van der Waals surface area contributed by atoms with Crippen molar-refractivity contribution >= 4 is 17.8 Å². The van der Waals surface area contributed by atoms with Crippen LogP contribution in [0.1, 0.15) is 13.3 Å². The number of urea groups is 1. The summed E-state index contributed by atoms with van der Waals surface area (Å²) in [5, 5.41) is 2.51. The largest absolute Gasteiger partial charge is 0.481 e. The van der Waals surface area contributed by atoms with Gasteiger partial charge in [0.2, 0.25) is 5.91 Å². The molecule has 2 aliphatic heterocycles. The number of amides is 4. The van der Waals surface area contributed by atoms with Crippen molar-refractivity contribution in [3.63, 3.8) is 0 Å². The van der Waals surface area contributed by atoms with Crippen molar-refractivity contribution < 1.29 is 19.1 Å². The average molecular weight is 317 g/mol. The van der Waals surface area contributed by atoms with Crippen molar-refractivity contribution in [2.75, 3.05) is 19.6 Å². The molecule has 2 saturated heterocycles. The molecule has 23 heavy (non-hydrogen) atoms. The molecule has 1 aromatic rings. The van der Waals surface area contributed by atoms with Gasteiger partial charge in [-0.3, -0.25) is 14.5 Å². The molecule has 1 aromatic carbocycles. The lowest BCUT2D eigenvalue weighted by atomic mass is 10.2. The molecule has 2 unspecified atom stereocenters. The quantitative estimate of drug-likeness (QED) is 0.825. The fourth-order valence-electron chi connectivity index (χ4n) is 2.97. The molecule has 2 heterocycles. The van der Waals surface area contributed by atoms with Crippen LogP contribution in [-0.4, -0.2) is 59.4 Å². The Morgan fingerprint density at radius 3 is 2.70 bits per heavy atom. The van der Waals surface area contributed by atoms with E-state index >= 15 is 0 Å². The fourth-order valence-corrected chi connectivity index (χ4v) is 2.97. The molecule has 3 rings (SSSR count). The number of rotatable bonds is 4. The zero-order valence-corrected chi connectivity index (χ0v) is 12.9. The Labute approximate surface area is 134 Å². The summed E-state index contributed by atoms with van der Waals surface area (Å²) in [6.45, 7) is 2.62. The molecule has 4 amide bonds. The molecule has 122 valence electrons. The first-order valence-corrected chi connectivity index (χ1v) is 7.66. The van der Waals surface area contributed by atoms with Crippen LogP contribution in [-0.2, 0) is 9.59 Å². The Kier molecular flexibility index (Phi) is 4.18. The van der Waals surface area contributed by atoms with Gasteiger partial charge in [-0.1, -0.05) is 18.2 Å². The van der Waals surface area contributed by atoms with E-state index in [4.69, 9.17) is 4.74 Å². The number of likely N-dealkylation sites (tertiary alicyclic amines) is 1. The van der Waals surface area contributed by atoms with Crippen LogP contribution < -0.4 is 10.1 Å². The zero-order chi connectivity index (χ0) is 16.4. The molecule has 0 spiro atoms. The van der Waals surface area contributed by atoms with Gasteiger partial charge in [-0.15, -0.1) is 0 Å². The van der Waals surface area contributed by atoms with E-state index < -0.39 is 6.10 Å². The second-order valence-corrected chi connectivity index (χ2v) is 5.72. The molecule has 2 fully saturated rings. The van der Waals surface area contributed by atoms with Crippen LogP contribution in [0.2, 0.25) is 0 Å². The summed E-state index contributed by atoms with van der Waals surface area (Å²) in [6.07, 6.45) is -0.0116. The monoisotopic (exact) mass is 317 g/mol. The van der Waals surface area contributed by atoms with E-state index in [2.05, 4.69) is 5.32 Å². The van der Waals surface area contributed by atoms with Crippen molar-refractivity contribution in [1.82, 2.24) is 15.1 Å². The molecule has 0 aromatic heterocycles. The standard InChI is InChI=1S/C16H19N3O4/c1-11(23-13-5-3-2-4-6-13)15(21)18-8-7-12(10-18)19-14(20)9-17-16(19)22/h2-6,11-12H,7-10H2,1H3,(H,17,22). The summed E-state index contributed by atoms with van der Waals surface area (Å²) in [5.74, 6) is 0.268. The minimum atomic E-state index is -0.612. The van der Waals surface area contributed by atoms with E-state index in [1.165, 1.54) is 4.90 Å². The molecular weight excluding hydrogens is 298 g/mol. The maximum Gasteiger partial charge on any atom is 0.324 e. The first-order valence-electron chi connectivity index (χ1n) is 7.66. The third-order valence-corrected chi connectivity index (χ3v) is 4.12. The molecule has 0 bridgehead atoms. The summed E-state index contributed by atoms with van der Waals surface area (Å²) < 4.78 is 5.64. The lowest BCUT2D eigenvalue weighted by Crippen LogP contribution is -2.44. The van der Waals surface area contributed by atoms with Crippen molar-refractivity contribution in [1.29, 1.82) is 0 Å². The second-order valence-electron chi connectivity index (χ2n) is 5.72. The van der Waals surface area contributed by atoms with Gasteiger partial charge in [-0.05, 0) is 25.5 Å². The number of ether oxygens (including phenoxy) is 1. The molecular formula is C16H19N3O4. The summed E-state index contributed by atoms with van der Waals surface area (Å²) in [6, 6.07) is 8.53. The SMILES string of the molecule is CC(Oc1ccccc1)C(=O)N1CCC(N2C(=O)CNC2=O)C1. The van der Waals surface area contributed by atoms with Crippen LogP contribution in [0.5, 0.6) is 5.75 Å². The Balaban J connectivity index is 1.59. The number of imide groups is 1. The van der Waals surface area contributed by atoms with E-state index in [9.17, 15) is 14.4 Å². The van der Waals surface area contributed by atoms with Crippen molar-refractivity contribution in [2.45, 2.75) is 25.5 Å². The van der Waals surface area contributed by atoms with Crippen LogP contribution in [0.4, 0.5) is 4.79 Å². The molecule has 2 aliphatic rings. The lowest BCUT2D eigenvalue weighted by molar-refractivity contribution is -0.137. The number of para-hydroxylation sites is 1. The van der Waals surface area contributed by atoms with E-state index in [-0.39, 0.29) is 30.4 Å². The van der Waals surface area contributed by atoms with Gasteiger partial charge in [0.25, 0.3) is 5.91 Å². The fraction of sp³-hybridized carbons (Fsp3) is 0.438. The van der Waals surface area contributed by atoms with Gasteiger partial charge in [-0.2, -0.15) is 0 Å². The van der Waals surface area contributed by atoms with Crippen LogP contribution >= 0.6 is 0 Å². The van der Waals surface area contributed by atoms with Crippen LogP contribution in [0, 0.1) is 0 Å². The van der Waals surface area contributed by atoms with Gasteiger partial charge in [-0.25, -0.2) is 4.79 Å². The number of nitrogens with zero attached hydrogens (tertiary/aromatic N) is 2. The van der Waals surface area contributed by atoms with E-state index in [0.717, 1.165) is 0 Å². The Hall–Kier alpha value is -2.57. The number of nitrogens with one attached hydrogen (secondary N) is 1. The van der Waals surface area contributed by atoms with Crippen molar-refractivity contribution in [2.24, 2.45) is 0 Å². The zero-order valence-electron chi connectivity index (χ0n) is 12.9. The van der Waals surface area contributed by atoms with Gasteiger partial charge in [0.1, 0.15) is 5.75 Å². The minimum Gasteiger partial charge on any atom is -0.481 e. The second kappa shape index (κ2) is 6.28. The predicted molar refractivity (Wildman–Crippen MR) is 81.8 cm³/mol. The van der Waals surface area contributed by atoms with Gasteiger partial charge < -0.3 is 15.0 Å². The third kappa shape index (κ3) is 3.13. The molecule has 0 saturated carbocycles. The summed E-state index contributed by atoms with van der Waals surface area (Å²) in [7, 11) is 0.